The van der Waals surface area contributed by atoms with Crippen molar-refractivity contribution in [3.63, 3.8) is 0 Å². The maximum Gasteiger partial charge on any atom is 0.335 e. The first-order chi connectivity index (χ1) is 14.7. The fourth-order valence-corrected chi connectivity index (χ4v) is 4.30. The lowest BCUT2D eigenvalue weighted by Gasteiger charge is -2.41. The van der Waals surface area contributed by atoms with Gasteiger partial charge >= 0.3 is 5.97 Å². The number of ketones is 1. The highest BCUT2D eigenvalue weighted by molar-refractivity contribution is 5.97. The fraction of sp³-hybridized carbons (Fsp3) is 0.231. The highest BCUT2D eigenvalue weighted by atomic mass is 19.1. The number of benzene rings is 3. The van der Waals surface area contributed by atoms with Crippen molar-refractivity contribution in [1.29, 1.82) is 0 Å². The van der Waals surface area contributed by atoms with Crippen molar-refractivity contribution >= 4 is 17.4 Å². The summed E-state index contributed by atoms with van der Waals surface area (Å²) in [6.45, 7) is 4.19. The van der Waals surface area contributed by atoms with Crippen molar-refractivity contribution in [3.8, 4) is 0 Å². The average Bonchev–Trinajstić information content (AvgIpc) is 2.74. The zero-order chi connectivity index (χ0) is 22.2. The molecule has 1 heterocycles. The molecule has 0 radical (unpaired) electrons. The van der Waals surface area contributed by atoms with Gasteiger partial charge in [0.05, 0.1) is 11.6 Å². The Morgan fingerprint density at radius 1 is 1.03 bits per heavy atom. The fourth-order valence-electron chi connectivity index (χ4n) is 4.30. The van der Waals surface area contributed by atoms with Crippen LogP contribution in [0.4, 0.5) is 10.1 Å². The minimum Gasteiger partial charge on any atom is -0.478 e. The van der Waals surface area contributed by atoms with Crippen LogP contribution in [0.25, 0.3) is 0 Å². The van der Waals surface area contributed by atoms with E-state index in [9.17, 15) is 19.1 Å². The predicted octanol–water partition coefficient (Wildman–Crippen LogP) is 5.68. The number of rotatable bonds is 5. The highest BCUT2D eigenvalue weighted by Gasteiger charge is 2.36. The van der Waals surface area contributed by atoms with Gasteiger partial charge in [-0.1, -0.05) is 56.3 Å². The van der Waals surface area contributed by atoms with E-state index in [0.717, 1.165) is 16.8 Å². The van der Waals surface area contributed by atoms with E-state index in [1.54, 1.807) is 54.6 Å². The van der Waals surface area contributed by atoms with Crippen molar-refractivity contribution in [2.45, 2.75) is 32.7 Å². The summed E-state index contributed by atoms with van der Waals surface area (Å²) in [4.78, 5) is 23.9. The van der Waals surface area contributed by atoms with Gasteiger partial charge in [-0.25, -0.2) is 9.18 Å². The Labute approximate surface area is 180 Å². The third kappa shape index (κ3) is 4.22. The summed E-state index contributed by atoms with van der Waals surface area (Å²) in [6.07, 6.45) is 0.673. The van der Waals surface area contributed by atoms with E-state index in [4.69, 9.17) is 0 Å². The second-order valence-electron chi connectivity index (χ2n) is 8.74. The number of nitrogens with one attached hydrogen (secondary N) is 1. The Balaban J connectivity index is 1.64. The van der Waals surface area contributed by atoms with Crippen LogP contribution in [0, 0.1) is 11.2 Å². The molecule has 1 atom stereocenters. The molecular weight excluding hydrogens is 393 g/mol. The lowest BCUT2D eigenvalue weighted by molar-refractivity contribution is 0.0696. The molecule has 5 heteroatoms. The van der Waals surface area contributed by atoms with Gasteiger partial charge in [0.2, 0.25) is 0 Å². The number of halogens is 1. The Hall–Kier alpha value is -3.47. The molecular formula is C26H24FNO3. The van der Waals surface area contributed by atoms with Gasteiger partial charge in [0.15, 0.2) is 5.78 Å². The van der Waals surface area contributed by atoms with Gasteiger partial charge in [0.25, 0.3) is 0 Å². The van der Waals surface area contributed by atoms with Gasteiger partial charge in [-0.2, -0.15) is 0 Å². The average molecular weight is 417 g/mol. The molecule has 3 aromatic rings. The largest absolute Gasteiger partial charge is 0.478 e. The number of Topliss-reactive ketones (excluding diaryl/α,β-unsaturated/α-hetero) is 1. The molecule has 4 rings (SSSR count). The van der Waals surface area contributed by atoms with Crippen LogP contribution in [-0.4, -0.2) is 16.9 Å². The molecule has 1 unspecified atom stereocenters. The number of carbonyl (C=O) groups excluding carboxylic acids is 1. The van der Waals surface area contributed by atoms with E-state index in [-0.39, 0.29) is 29.2 Å². The first-order valence-corrected chi connectivity index (χ1v) is 10.2. The number of carbonyl (C=O) groups is 2. The summed E-state index contributed by atoms with van der Waals surface area (Å²) in [6, 6.07) is 18.8. The van der Waals surface area contributed by atoms with Gasteiger partial charge in [0, 0.05) is 17.7 Å². The van der Waals surface area contributed by atoms with Crippen molar-refractivity contribution in [3.05, 3.63) is 100 Å². The van der Waals surface area contributed by atoms with E-state index in [0.29, 0.717) is 17.5 Å². The second-order valence-corrected chi connectivity index (χ2v) is 8.74. The molecule has 31 heavy (non-hydrogen) atoms. The van der Waals surface area contributed by atoms with Gasteiger partial charge in [-0.3, -0.25) is 4.79 Å². The topological polar surface area (TPSA) is 66.4 Å². The quantitative estimate of drug-likeness (QED) is 0.524. The van der Waals surface area contributed by atoms with Crippen LogP contribution in [0.1, 0.15) is 57.3 Å². The molecule has 0 amide bonds. The molecule has 3 aromatic carbocycles. The first-order valence-electron chi connectivity index (χ1n) is 10.2. The molecule has 4 nitrogen and oxygen atoms in total. The summed E-state index contributed by atoms with van der Waals surface area (Å²) in [5.74, 6) is -1.47. The Kier molecular flexibility index (Phi) is 5.36. The molecule has 0 bridgehead atoms. The van der Waals surface area contributed by atoms with Crippen molar-refractivity contribution in [1.82, 2.24) is 0 Å². The normalized spacial score (nSPS) is 16.8. The maximum absolute atomic E-state index is 14.5. The maximum atomic E-state index is 14.5. The summed E-state index contributed by atoms with van der Waals surface area (Å²) >= 11 is 0. The lowest BCUT2D eigenvalue weighted by atomic mass is 9.72. The predicted molar refractivity (Wildman–Crippen MR) is 118 cm³/mol. The van der Waals surface area contributed by atoms with Crippen LogP contribution >= 0.6 is 0 Å². The molecule has 0 aliphatic carbocycles. The van der Waals surface area contributed by atoms with Crippen LogP contribution in [-0.2, 0) is 12.8 Å². The SMILES string of the molecule is CC1(C)Cc2cc(C(=O)O)ccc2NC1c1ccc(F)c(CC(=O)c2ccccc2)c1. The van der Waals surface area contributed by atoms with Crippen LogP contribution in [0.5, 0.6) is 0 Å². The van der Waals surface area contributed by atoms with E-state index in [1.165, 1.54) is 6.07 Å². The number of fused-ring (bicyclic) bond motifs is 1. The standard InChI is InChI=1S/C26H24FNO3/c1-26(2)15-20-13-18(25(30)31)9-11-22(20)28-24(26)17-8-10-21(27)19(12-17)14-23(29)16-6-4-3-5-7-16/h3-13,24,28H,14-15H2,1-2H3,(H,30,31). The number of anilines is 1. The number of aromatic carboxylic acids is 1. The summed E-state index contributed by atoms with van der Waals surface area (Å²) in [5, 5.41) is 12.8. The third-order valence-corrected chi connectivity index (χ3v) is 5.93. The molecule has 1 aliphatic rings. The van der Waals surface area contributed by atoms with E-state index < -0.39 is 11.8 Å². The first kappa shape index (κ1) is 20.8. The number of hydrogen-bond donors (Lipinski definition) is 2. The van der Waals surface area contributed by atoms with E-state index in [2.05, 4.69) is 19.2 Å². The molecule has 1 aliphatic heterocycles. The Bertz CT molecular complexity index is 1150. The van der Waals surface area contributed by atoms with Gasteiger partial charge in [0.1, 0.15) is 5.82 Å². The molecule has 0 fully saturated rings. The molecule has 0 saturated heterocycles. The lowest BCUT2D eigenvalue weighted by Crippen LogP contribution is -2.35. The van der Waals surface area contributed by atoms with Gasteiger partial charge < -0.3 is 10.4 Å². The van der Waals surface area contributed by atoms with Crippen LogP contribution < -0.4 is 5.32 Å². The van der Waals surface area contributed by atoms with E-state index >= 15 is 0 Å². The third-order valence-electron chi connectivity index (χ3n) is 5.93. The summed E-state index contributed by atoms with van der Waals surface area (Å²) in [5.41, 5.74) is 3.67. The second kappa shape index (κ2) is 7.99. The minimum atomic E-state index is -0.950. The molecule has 0 aromatic heterocycles. The Morgan fingerprint density at radius 2 is 1.77 bits per heavy atom. The number of hydrogen-bond acceptors (Lipinski definition) is 3. The number of carboxylic acids is 1. The van der Waals surface area contributed by atoms with Crippen molar-refractivity contribution in [2.75, 3.05) is 5.32 Å². The zero-order valence-corrected chi connectivity index (χ0v) is 17.5. The van der Waals surface area contributed by atoms with E-state index in [1.807, 2.05) is 6.07 Å². The van der Waals surface area contributed by atoms with Crippen molar-refractivity contribution in [2.24, 2.45) is 5.41 Å². The smallest absolute Gasteiger partial charge is 0.335 e. The Morgan fingerprint density at radius 3 is 2.48 bits per heavy atom. The summed E-state index contributed by atoms with van der Waals surface area (Å²) < 4.78 is 14.5. The van der Waals surface area contributed by atoms with Crippen molar-refractivity contribution < 1.29 is 19.1 Å². The molecule has 158 valence electrons. The highest BCUT2D eigenvalue weighted by Crippen LogP contribution is 2.45. The molecule has 0 saturated carbocycles. The monoisotopic (exact) mass is 417 g/mol. The van der Waals surface area contributed by atoms with Gasteiger partial charge in [-0.15, -0.1) is 0 Å². The molecule has 0 spiro atoms. The number of carboxylic acid groups (broad SMARTS) is 1. The zero-order valence-electron chi connectivity index (χ0n) is 17.5. The van der Waals surface area contributed by atoms with Crippen LogP contribution in [0.3, 0.4) is 0 Å². The van der Waals surface area contributed by atoms with Gasteiger partial charge in [-0.05, 0) is 52.8 Å². The van der Waals surface area contributed by atoms with Crippen LogP contribution in [0.15, 0.2) is 66.7 Å². The summed E-state index contributed by atoms with van der Waals surface area (Å²) in [7, 11) is 0. The van der Waals surface area contributed by atoms with Crippen LogP contribution in [0.2, 0.25) is 0 Å². The molecule has 2 N–H and O–H groups in total. The minimum absolute atomic E-state index is 0.00457.